The Morgan fingerprint density at radius 2 is 1.33 bits per heavy atom. The average Bonchev–Trinajstić information content (AvgIpc) is 2.91. The van der Waals surface area contributed by atoms with Crippen LogP contribution in [0.15, 0.2) is 108 Å². The van der Waals surface area contributed by atoms with Gasteiger partial charge in [-0.25, -0.2) is 4.39 Å². The van der Waals surface area contributed by atoms with Gasteiger partial charge in [-0.15, -0.1) is 0 Å². The number of amides is 1. The molecular formula is C29H21FN2O4. The summed E-state index contributed by atoms with van der Waals surface area (Å²) in [7, 11) is 0. The Morgan fingerprint density at radius 1 is 0.778 bits per heavy atom. The number of hydrogen-bond donors (Lipinski definition) is 1. The molecule has 36 heavy (non-hydrogen) atoms. The highest BCUT2D eigenvalue weighted by Gasteiger charge is 2.26. The Balaban J connectivity index is 1.48. The molecule has 0 saturated carbocycles. The molecule has 0 aliphatic heterocycles. The van der Waals surface area contributed by atoms with Crippen LogP contribution < -0.4 is 10.7 Å². The quantitative estimate of drug-likeness (QED) is 0.267. The zero-order valence-corrected chi connectivity index (χ0v) is 19.1. The minimum atomic E-state index is -1.24. The molecule has 1 amide bonds. The Bertz CT molecular complexity index is 1570. The predicted molar refractivity (Wildman–Crippen MR) is 136 cm³/mol. The molecule has 1 N–H and O–H groups in total. The largest absolute Gasteiger partial charge is 0.446 e. The zero-order chi connectivity index (χ0) is 25.1. The summed E-state index contributed by atoms with van der Waals surface area (Å²) in [6.45, 7) is -0.214. The molecular weight excluding hydrogens is 459 g/mol. The molecule has 0 aliphatic rings. The lowest BCUT2D eigenvalue weighted by Crippen LogP contribution is -2.27. The smallest absolute Gasteiger partial charge is 0.327 e. The number of aromatic nitrogens is 1. The minimum Gasteiger partial charge on any atom is -0.446 e. The summed E-state index contributed by atoms with van der Waals surface area (Å²) in [6, 6.07) is 28.1. The van der Waals surface area contributed by atoms with Crippen molar-refractivity contribution in [1.82, 2.24) is 4.57 Å². The van der Waals surface area contributed by atoms with Crippen molar-refractivity contribution >= 4 is 39.4 Å². The molecule has 5 rings (SSSR count). The number of rotatable bonds is 6. The third-order valence-corrected chi connectivity index (χ3v) is 5.87. The highest BCUT2D eigenvalue weighted by Crippen LogP contribution is 2.23. The normalized spacial score (nSPS) is 11.8. The number of nitrogens with one attached hydrogen (secondary N) is 1. The van der Waals surface area contributed by atoms with E-state index in [1.807, 2.05) is 0 Å². The number of halogens is 1. The SMILES string of the molecule is O=C(Cn1c2ccccc2c(=O)c2ccccc21)OC(C(=O)Nc1ccc(F)cc1)c1ccccc1. The lowest BCUT2D eigenvalue weighted by molar-refractivity contribution is -0.155. The molecule has 0 bridgehead atoms. The van der Waals surface area contributed by atoms with Gasteiger partial charge in [-0.2, -0.15) is 0 Å². The van der Waals surface area contributed by atoms with Crippen molar-refractivity contribution in [3.63, 3.8) is 0 Å². The van der Waals surface area contributed by atoms with Gasteiger partial charge in [0.1, 0.15) is 12.4 Å². The second-order valence-corrected chi connectivity index (χ2v) is 8.23. The van der Waals surface area contributed by atoms with Gasteiger partial charge in [0, 0.05) is 22.0 Å². The van der Waals surface area contributed by atoms with Gasteiger partial charge < -0.3 is 14.6 Å². The summed E-state index contributed by atoms with van der Waals surface area (Å²) < 4.78 is 20.7. The van der Waals surface area contributed by atoms with Crippen molar-refractivity contribution in [2.75, 3.05) is 5.32 Å². The summed E-state index contributed by atoms with van der Waals surface area (Å²) in [5.74, 6) is -1.66. The first-order chi connectivity index (χ1) is 17.5. The maximum absolute atomic E-state index is 13.3. The highest BCUT2D eigenvalue weighted by molar-refractivity contribution is 5.97. The number of pyridine rings is 1. The summed E-state index contributed by atoms with van der Waals surface area (Å²) >= 11 is 0. The molecule has 0 aliphatic carbocycles. The molecule has 1 aromatic heterocycles. The molecule has 0 fully saturated rings. The standard InChI is InChI=1S/C29H21FN2O4/c30-20-14-16-21(17-15-20)31-29(35)28(19-8-2-1-3-9-19)36-26(33)18-32-24-12-6-4-10-22(24)27(34)23-11-5-7-13-25(23)32/h1-17,28H,18H2,(H,31,35). The fourth-order valence-corrected chi connectivity index (χ4v) is 4.19. The first kappa shape index (κ1) is 23.0. The van der Waals surface area contributed by atoms with Crippen LogP contribution in [0.25, 0.3) is 21.8 Å². The van der Waals surface area contributed by atoms with Gasteiger partial charge in [-0.05, 0) is 48.5 Å². The van der Waals surface area contributed by atoms with Gasteiger partial charge in [0.25, 0.3) is 5.91 Å². The van der Waals surface area contributed by atoms with Crippen molar-refractivity contribution in [3.05, 3.63) is 125 Å². The summed E-state index contributed by atoms with van der Waals surface area (Å²) in [5.41, 5.74) is 1.91. The third kappa shape index (κ3) is 4.59. The molecule has 4 aromatic carbocycles. The van der Waals surface area contributed by atoms with Crippen LogP contribution in [0.3, 0.4) is 0 Å². The van der Waals surface area contributed by atoms with Gasteiger partial charge in [0.2, 0.25) is 6.10 Å². The van der Waals surface area contributed by atoms with Crippen LogP contribution in [-0.2, 0) is 20.9 Å². The van der Waals surface area contributed by atoms with E-state index < -0.39 is 23.8 Å². The Labute approximate surface area is 205 Å². The number of nitrogens with zero attached hydrogens (tertiary/aromatic N) is 1. The molecule has 1 heterocycles. The lowest BCUT2D eigenvalue weighted by atomic mass is 10.1. The molecule has 0 saturated heterocycles. The van der Waals surface area contributed by atoms with E-state index in [2.05, 4.69) is 5.32 Å². The summed E-state index contributed by atoms with van der Waals surface area (Å²) in [4.78, 5) is 39.3. The maximum atomic E-state index is 13.3. The number of esters is 1. The molecule has 1 atom stereocenters. The lowest BCUT2D eigenvalue weighted by Gasteiger charge is -2.20. The van der Waals surface area contributed by atoms with Crippen LogP contribution in [0, 0.1) is 5.82 Å². The topological polar surface area (TPSA) is 77.4 Å². The van der Waals surface area contributed by atoms with E-state index in [1.54, 1.807) is 83.4 Å². The summed E-state index contributed by atoms with van der Waals surface area (Å²) in [5, 5.41) is 3.64. The zero-order valence-electron chi connectivity index (χ0n) is 19.1. The van der Waals surface area contributed by atoms with E-state index in [1.165, 1.54) is 24.3 Å². The number of fused-ring (bicyclic) bond motifs is 2. The molecule has 1 unspecified atom stereocenters. The first-order valence-corrected chi connectivity index (χ1v) is 11.3. The van der Waals surface area contributed by atoms with Crippen molar-refractivity contribution in [2.45, 2.75) is 12.6 Å². The fraction of sp³-hybridized carbons (Fsp3) is 0.0690. The van der Waals surface area contributed by atoms with Crippen molar-refractivity contribution in [2.24, 2.45) is 0 Å². The number of benzene rings is 4. The number of carbonyl (C=O) groups is 2. The van der Waals surface area contributed by atoms with Gasteiger partial charge in [-0.1, -0.05) is 54.6 Å². The maximum Gasteiger partial charge on any atom is 0.327 e. The van der Waals surface area contributed by atoms with Crippen LogP contribution in [0.2, 0.25) is 0 Å². The van der Waals surface area contributed by atoms with Crippen LogP contribution in [0.4, 0.5) is 10.1 Å². The molecule has 5 aromatic rings. The van der Waals surface area contributed by atoms with Gasteiger partial charge >= 0.3 is 5.97 Å². The molecule has 6 nitrogen and oxygen atoms in total. The van der Waals surface area contributed by atoms with E-state index in [4.69, 9.17) is 4.74 Å². The van der Waals surface area contributed by atoms with Crippen LogP contribution >= 0.6 is 0 Å². The Kier molecular flexibility index (Phi) is 6.28. The van der Waals surface area contributed by atoms with Crippen molar-refractivity contribution in [1.29, 1.82) is 0 Å². The number of hydrogen-bond acceptors (Lipinski definition) is 4. The minimum absolute atomic E-state index is 0.119. The molecule has 0 radical (unpaired) electrons. The van der Waals surface area contributed by atoms with Crippen molar-refractivity contribution < 1.29 is 18.7 Å². The molecule has 7 heteroatoms. The van der Waals surface area contributed by atoms with E-state index in [9.17, 15) is 18.8 Å². The average molecular weight is 480 g/mol. The van der Waals surface area contributed by atoms with Gasteiger partial charge in [0.15, 0.2) is 5.43 Å². The van der Waals surface area contributed by atoms with E-state index in [-0.39, 0.29) is 12.0 Å². The second kappa shape index (κ2) is 9.84. The predicted octanol–water partition coefficient (Wildman–Crippen LogP) is 5.22. The third-order valence-electron chi connectivity index (χ3n) is 5.87. The summed E-state index contributed by atoms with van der Waals surface area (Å²) in [6.07, 6.45) is -1.24. The highest BCUT2D eigenvalue weighted by atomic mass is 19.1. The molecule has 0 spiro atoms. The number of carbonyl (C=O) groups excluding carboxylic acids is 2. The van der Waals surface area contributed by atoms with Gasteiger partial charge in [0.05, 0.1) is 11.0 Å². The van der Waals surface area contributed by atoms with Crippen LogP contribution in [0.1, 0.15) is 11.7 Å². The Hall–Kier alpha value is -4.78. The second-order valence-electron chi connectivity index (χ2n) is 8.23. The Morgan fingerprint density at radius 3 is 1.94 bits per heavy atom. The number of ether oxygens (including phenoxy) is 1. The van der Waals surface area contributed by atoms with Crippen molar-refractivity contribution in [3.8, 4) is 0 Å². The van der Waals surface area contributed by atoms with Gasteiger partial charge in [-0.3, -0.25) is 14.4 Å². The van der Waals surface area contributed by atoms with E-state index >= 15 is 0 Å². The first-order valence-electron chi connectivity index (χ1n) is 11.3. The monoisotopic (exact) mass is 480 g/mol. The van der Waals surface area contributed by atoms with Crippen LogP contribution in [0.5, 0.6) is 0 Å². The van der Waals surface area contributed by atoms with E-state index in [0.29, 0.717) is 33.1 Å². The van der Waals surface area contributed by atoms with E-state index in [0.717, 1.165) is 0 Å². The fourth-order valence-electron chi connectivity index (χ4n) is 4.19. The number of para-hydroxylation sites is 2. The number of anilines is 1. The molecule has 178 valence electrons. The van der Waals surface area contributed by atoms with Crippen LogP contribution in [-0.4, -0.2) is 16.4 Å².